The van der Waals surface area contributed by atoms with Gasteiger partial charge in [-0.15, -0.1) is 0 Å². The Balaban J connectivity index is 1.19. The maximum Gasteiger partial charge on any atom is 0.273 e. The molecule has 28 heavy (non-hydrogen) atoms. The Morgan fingerprint density at radius 1 is 1.21 bits per heavy atom. The van der Waals surface area contributed by atoms with Gasteiger partial charge in [-0.1, -0.05) is 17.3 Å². The fourth-order valence-corrected chi connectivity index (χ4v) is 3.74. The van der Waals surface area contributed by atoms with E-state index in [0.29, 0.717) is 24.6 Å². The number of hydrogen-bond donors (Lipinski definition) is 3. The molecule has 7 heteroatoms. The highest BCUT2D eigenvalue weighted by atomic mass is 16.5. The summed E-state index contributed by atoms with van der Waals surface area (Å²) in [4.78, 5) is 14.6. The number of nitrogens with zero attached hydrogens (tertiary/aromatic N) is 2. The molecule has 0 spiro atoms. The number of aliphatic hydroxyl groups is 1. The van der Waals surface area contributed by atoms with Gasteiger partial charge in [0.05, 0.1) is 6.10 Å². The van der Waals surface area contributed by atoms with Gasteiger partial charge in [-0.05, 0) is 49.8 Å². The van der Waals surface area contributed by atoms with Gasteiger partial charge in [0, 0.05) is 37.7 Å². The Bertz CT molecular complexity index is 792. The first kappa shape index (κ1) is 19.0. The topological polar surface area (TPSA) is 98.8 Å². The van der Waals surface area contributed by atoms with Crippen LogP contribution in [-0.4, -0.2) is 58.0 Å². The predicted octanol–water partition coefficient (Wildman–Crippen LogP) is 2.06. The fourth-order valence-electron chi connectivity index (χ4n) is 3.74. The molecule has 2 aliphatic rings. The summed E-state index contributed by atoms with van der Waals surface area (Å²) in [6, 6.07) is 8.83. The monoisotopic (exact) mass is 385 g/mol. The van der Waals surface area contributed by atoms with Crippen LogP contribution in [-0.2, 0) is 6.42 Å². The zero-order valence-electron chi connectivity index (χ0n) is 15.9. The number of aromatic nitrogens is 1. The molecule has 1 aliphatic heterocycles. The molecule has 0 bridgehead atoms. The molecule has 1 saturated heterocycles. The fraction of sp³-hybridized carbons (Fsp3) is 0.524. The lowest BCUT2D eigenvalue weighted by molar-refractivity contribution is 0.0822. The zero-order chi connectivity index (χ0) is 19.5. The molecule has 2 fully saturated rings. The van der Waals surface area contributed by atoms with Crippen molar-refractivity contribution < 1.29 is 19.5 Å². The number of carbonyl (C=O) groups excluding carboxylic acids is 1. The second kappa shape index (κ2) is 8.32. The molecule has 1 aromatic heterocycles. The van der Waals surface area contributed by atoms with Crippen LogP contribution in [0.5, 0.6) is 5.75 Å². The number of piperidine rings is 1. The third-order valence-corrected chi connectivity index (χ3v) is 5.54. The maximum absolute atomic E-state index is 12.4. The molecule has 1 amide bonds. The van der Waals surface area contributed by atoms with Crippen LogP contribution in [0.3, 0.4) is 0 Å². The smallest absolute Gasteiger partial charge is 0.273 e. The van der Waals surface area contributed by atoms with Gasteiger partial charge in [0.15, 0.2) is 5.69 Å². The average molecular weight is 385 g/mol. The number of amides is 1. The van der Waals surface area contributed by atoms with Crippen molar-refractivity contribution in [2.45, 2.75) is 50.2 Å². The van der Waals surface area contributed by atoms with Crippen molar-refractivity contribution in [1.82, 2.24) is 15.4 Å². The average Bonchev–Trinajstić information content (AvgIpc) is 3.41. The van der Waals surface area contributed by atoms with Gasteiger partial charge in [0.2, 0.25) is 0 Å². The van der Waals surface area contributed by atoms with Crippen molar-refractivity contribution in [2.75, 3.05) is 19.6 Å². The number of likely N-dealkylation sites (tertiary alicyclic amines) is 1. The third-order valence-electron chi connectivity index (χ3n) is 5.54. The summed E-state index contributed by atoms with van der Waals surface area (Å²) in [5.41, 5.74) is 1.37. The molecule has 2 aromatic rings. The number of phenols is 1. The second-order valence-corrected chi connectivity index (χ2v) is 7.96. The van der Waals surface area contributed by atoms with Crippen molar-refractivity contribution >= 4 is 5.91 Å². The van der Waals surface area contributed by atoms with E-state index >= 15 is 0 Å². The molecule has 2 heterocycles. The van der Waals surface area contributed by atoms with E-state index < -0.39 is 6.10 Å². The summed E-state index contributed by atoms with van der Waals surface area (Å²) in [6.07, 6.45) is 4.05. The number of benzene rings is 1. The van der Waals surface area contributed by atoms with Crippen LogP contribution in [0.4, 0.5) is 0 Å². The molecular weight excluding hydrogens is 358 g/mol. The van der Waals surface area contributed by atoms with Crippen molar-refractivity contribution in [3.05, 3.63) is 47.3 Å². The summed E-state index contributed by atoms with van der Waals surface area (Å²) < 4.78 is 5.25. The molecule has 1 aliphatic carbocycles. The van der Waals surface area contributed by atoms with E-state index in [1.807, 2.05) is 12.1 Å². The first-order valence-electron chi connectivity index (χ1n) is 10.0. The van der Waals surface area contributed by atoms with E-state index in [0.717, 1.165) is 50.1 Å². The largest absolute Gasteiger partial charge is 0.508 e. The van der Waals surface area contributed by atoms with E-state index in [1.165, 1.54) is 0 Å². The molecule has 4 rings (SSSR count). The highest BCUT2D eigenvalue weighted by Crippen LogP contribution is 2.40. The summed E-state index contributed by atoms with van der Waals surface area (Å²) in [6.45, 7) is 2.28. The third kappa shape index (κ3) is 4.91. The van der Waals surface area contributed by atoms with Crippen molar-refractivity contribution in [3.8, 4) is 5.75 Å². The number of carbonyl (C=O) groups is 1. The van der Waals surface area contributed by atoms with Crippen molar-refractivity contribution in [3.63, 3.8) is 0 Å². The lowest BCUT2D eigenvalue weighted by atomic mass is 10.0. The number of aliphatic hydroxyl groups excluding tert-OH is 1. The molecular formula is C21H27N3O4. The van der Waals surface area contributed by atoms with Crippen LogP contribution in [0.15, 0.2) is 34.9 Å². The first-order chi connectivity index (χ1) is 13.6. The van der Waals surface area contributed by atoms with Gasteiger partial charge in [-0.3, -0.25) is 4.79 Å². The number of aromatic hydroxyl groups is 1. The molecule has 150 valence electrons. The Morgan fingerprint density at radius 3 is 2.61 bits per heavy atom. The minimum atomic E-state index is -0.452. The van der Waals surface area contributed by atoms with E-state index in [-0.39, 0.29) is 17.7 Å². The van der Waals surface area contributed by atoms with Crippen LogP contribution in [0.25, 0.3) is 0 Å². The number of β-amino-alcohol motifs (C(OH)–C–C–N with tert-alkyl or cyclic N) is 1. The van der Waals surface area contributed by atoms with E-state index in [1.54, 1.807) is 18.2 Å². The number of phenolic OH excluding ortho intramolecular Hbond substituents is 1. The molecule has 3 N–H and O–H groups in total. The van der Waals surface area contributed by atoms with Crippen LogP contribution in [0.1, 0.15) is 53.4 Å². The maximum atomic E-state index is 12.4. The van der Waals surface area contributed by atoms with Gasteiger partial charge in [-0.25, -0.2) is 0 Å². The van der Waals surface area contributed by atoms with Gasteiger partial charge in [0.25, 0.3) is 5.91 Å². The van der Waals surface area contributed by atoms with Gasteiger partial charge in [-0.2, -0.15) is 0 Å². The van der Waals surface area contributed by atoms with Gasteiger partial charge >= 0.3 is 0 Å². The minimum absolute atomic E-state index is 0.124. The molecule has 0 radical (unpaired) electrons. The molecule has 1 atom stereocenters. The Morgan fingerprint density at radius 2 is 1.93 bits per heavy atom. The summed E-state index contributed by atoms with van der Waals surface area (Å²) in [5.74, 6) is 1.34. The number of rotatable bonds is 7. The highest BCUT2D eigenvalue weighted by Gasteiger charge is 2.29. The lowest BCUT2D eigenvalue weighted by Crippen LogP contribution is -2.46. The normalized spacial score (nSPS) is 19.5. The standard InChI is InChI=1S/C21H27N3O4/c25-17-5-1-14(2-6-17)11-18(26)13-24-9-7-16(8-10-24)22-21(27)19-12-20(28-23-19)15-3-4-15/h1-2,5-6,12,15-16,18,25-26H,3-4,7-11,13H2,(H,22,27)/t18-/m1/s1. The van der Waals surface area contributed by atoms with Crippen LogP contribution in [0, 0.1) is 0 Å². The SMILES string of the molecule is O=C(NC1CCN(C[C@H](O)Cc2ccc(O)cc2)CC1)c1cc(C2CC2)on1. The Hall–Kier alpha value is -2.38. The van der Waals surface area contributed by atoms with E-state index in [2.05, 4.69) is 15.4 Å². The summed E-state index contributed by atoms with van der Waals surface area (Å²) >= 11 is 0. The summed E-state index contributed by atoms with van der Waals surface area (Å²) in [7, 11) is 0. The van der Waals surface area contributed by atoms with Gasteiger partial charge in [0.1, 0.15) is 11.5 Å². The molecule has 1 saturated carbocycles. The van der Waals surface area contributed by atoms with Crippen LogP contribution in [0.2, 0.25) is 0 Å². The first-order valence-corrected chi connectivity index (χ1v) is 10.0. The van der Waals surface area contributed by atoms with E-state index in [4.69, 9.17) is 4.52 Å². The minimum Gasteiger partial charge on any atom is -0.508 e. The molecule has 7 nitrogen and oxygen atoms in total. The Labute approximate surface area is 164 Å². The van der Waals surface area contributed by atoms with E-state index in [9.17, 15) is 15.0 Å². The predicted molar refractivity (Wildman–Crippen MR) is 103 cm³/mol. The Kier molecular flexibility index (Phi) is 5.64. The van der Waals surface area contributed by atoms with Crippen molar-refractivity contribution in [2.24, 2.45) is 0 Å². The molecule has 0 unspecified atom stereocenters. The number of hydrogen-bond acceptors (Lipinski definition) is 6. The second-order valence-electron chi connectivity index (χ2n) is 7.96. The number of nitrogens with one attached hydrogen (secondary N) is 1. The van der Waals surface area contributed by atoms with Crippen LogP contribution >= 0.6 is 0 Å². The van der Waals surface area contributed by atoms with Gasteiger partial charge < -0.3 is 25.0 Å². The molecule has 1 aromatic carbocycles. The quantitative estimate of drug-likeness (QED) is 0.675. The zero-order valence-corrected chi connectivity index (χ0v) is 15.9. The van der Waals surface area contributed by atoms with Crippen LogP contribution < -0.4 is 5.32 Å². The summed E-state index contributed by atoms with van der Waals surface area (Å²) in [5, 5.41) is 26.6. The lowest BCUT2D eigenvalue weighted by Gasteiger charge is -2.33. The van der Waals surface area contributed by atoms with Crippen molar-refractivity contribution in [1.29, 1.82) is 0 Å². The highest BCUT2D eigenvalue weighted by molar-refractivity contribution is 5.92.